The molecule has 4 rings (SSSR count). The molecule has 1 N–H and O–H groups in total. The molecular formula is C24H30N2OS. The van der Waals surface area contributed by atoms with Crippen LogP contribution in [-0.2, 0) is 0 Å². The van der Waals surface area contributed by atoms with Crippen LogP contribution in [0, 0.1) is 12.8 Å². The summed E-state index contributed by atoms with van der Waals surface area (Å²) in [6, 6.07) is 8.84. The van der Waals surface area contributed by atoms with Crippen molar-refractivity contribution in [3.8, 4) is 0 Å². The van der Waals surface area contributed by atoms with Gasteiger partial charge in [0.2, 0.25) is 0 Å². The van der Waals surface area contributed by atoms with Gasteiger partial charge < -0.3 is 10.2 Å². The standard InChI is InChI=1S/C24H30N2OS/c1-4-12-26(13-5-2)24(27)17-9-10-21-20(15-17)18-7-6-8-19(18)22(25-21)23-16(3)11-14-28-23/h6-7,9-11,14-15,18-19,22,25H,4-5,8,12-13H2,1-3H3. The lowest BCUT2D eigenvalue weighted by Crippen LogP contribution is -2.33. The molecule has 0 saturated carbocycles. The summed E-state index contributed by atoms with van der Waals surface area (Å²) < 4.78 is 0. The number of hydrogen-bond donors (Lipinski definition) is 1. The van der Waals surface area contributed by atoms with Gasteiger partial charge in [0.05, 0.1) is 6.04 Å². The zero-order valence-corrected chi connectivity index (χ0v) is 17.9. The highest BCUT2D eigenvalue weighted by atomic mass is 32.1. The van der Waals surface area contributed by atoms with Gasteiger partial charge in [-0.25, -0.2) is 0 Å². The van der Waals surface area contributed by atoms with Crippen LogP contribution in [-0.4, -0.2) is 23.9 Å². The monoisotopic (exact) mass is 394 g/mol. The zero-order chi connectivity index (χ0) is 19.7. The quantitative estimate of drug-likeness (QED) is 0.596. The molecule has 3 nitrogen and oxygen atoms in total. The van der Waals surface area contributed by atoms with Crippen molar-refractivity contribution in [1.29, 1.82) is 0 Å². The third-order valence-corrected chi connectivity index (χ3v) is 7.17. The second kappa shape index (κ2) is 8.12. The van der Waals surface area contributed by atoms with Crippen LogP contribution in [0.15, 0.2) is 41.8 Å². The number of rotatable bonds is 6. The molecule has 0 saturated heterocycles. The van der Waals surface area contributed by atoms with Crippen LogP contribution >= 0.6 is 11.3 Å². The van der Waals surface area contributed by atoms with E-state index in [0.29, 0.717) is 17.9 Å². The Morgan fingerprint density at radius 3 is 2.68 bits per heavy atom. The summed E-state index contributed by atoms with van der Waals surface area (Å²) >= 11 is 1.85. The Morgan fingerprint density at radius 1 is 1.21 bits per heavy atom. The molecule has 0 radical (unpaired) electrons. The van der Waals surface area contributed by atoms with Crippen molar-refractivity contribution in [3.05, 3.63) is 63.4 Å². The molecule has 2 aromatic rings. The summed E-state index contributed by atoms with van der Waals surface area (Å²) in [7, 11) is 0. The highest BCUT2D eigenvalue weighted by Gasteiger charge is 2.39. The van der Waals surface area contributed by atoms with Crippen LogP contribution < -0.4 is 5.32 Å². The summed E-state index contributed by atoms with van der Waals surface area (Å²) in [4.78, 5) is 16.5. The maximum absolute atomic E-state index is 13.1. The average molecular weight is 395 g/mol. The number of aryl methyl sites for hydroxylation is 1. The normalized spacial score (nSPS) is 22.5. The molecular weight excluding hydrogens is 364 g/mol. The molecule has 0 fully saturated rings. The number of carbonyl (C=O) groups excluding carboxylic acids is 1. The lowest BCUT2D eigenvalue weighted by Gasteiger charge is -2.37. The smallest absolute Gasteiger partial charge is 0.253 e. The SMILES string of the molecule is CCCN(CCC)C(=O)c1ccc2c(c1)C1C=CCC1C(c1sccc1C)N2. The maximum Gasteiger partial charge on any atom is 0.253 e. The van der Waals surface area contributed by atoms with Crippen molar-refractivity contribution >= 4 is 22.9 Å². The van der Waals surface area contributed by atoms with E-state index < -0.39 is 0 Å². The third kappa shape index (κ3) is 3.39. The van der Waals surface area contributed by atoms with Gasteiger partial charge in [-0.3, -0.25) is 4.79 Å². The number of nitrogens with zero attached hydrogens (tertiary/aromatic N) is 1. The van der Waals surface area contributed by atoms with Gasteiger partial charge in [0.25, 0.3) is 5.91 Å². The number of amides is 1. The van der Waals surface area contributed by atoms with Gasteiger partial charge in [0.15, 0.2) is 0 Å². The minimum absolute atomic E-state index is 0.168. The Bertz CT molecular complexity index is 878. The lowest BCUT2D eigenvalue weighted by atomic mass is 9.78. The first kappa shape index (κ1) is 19.3. The average Bonchev–Trinajstić information content (AvgIpc) is 3.35. The van der Waals surface area contributed by atoms with Gasteiger partial charge in [-0.1, -0.05) is 26.0 Å². The fourth-order valence-corrected chi connectivity index (χ4v) is 5.78. The zero-order valence-electron chi connectivity index (χ0n) is 17.1. The van der Waals surface area contributed by atoms with Crippen molar-refractivity contribution in [2.45, 2.75) is 52.0 Å². The Morgan fingerprint density at radius 2 is 2.00 bits per heavy atom. The summed E-state index contributed by atoms with van der Waals surface area (Å²) in [5.74, 6) is 1.08. The van der Waals surface area contributed by atoms with Crippen molar-refractivity contribution < 1.29 is 4.79 Å². The second-order valence-electron chi connectivity index (χ2n) is 8.04. The van der Waals surface area contributed by atoms with E-state index in [2.05, 4.69) is 61.8 Å². The molecule has 0 spiro atoms. The molecule has 0 bridgehead atoms. The Balaban J connectivity index is 1.66. The second-order valence-corrected chi connectivity index (χ2v) is 8.99. The number of allylic oxidation sites excluding steroid dienone is 2. The lowest BCUT2D eigenvalue weighted by molar-refractivity contribution is 0.0755. The minimum Gasteiger partial charge on any atom is -0.377 e. The van der Waals surface area contributed by atoms with Gasteiger partial charge in [-0.15, -0.1) is 11.3 Å². The fraction of sp³-hybridized carbons (Fsp3) is 0.458. The van der Waals surface area contributed by atoms with E-state index in [-0.39, 0.29) is 5.91 Å². The number of benzene rings is 1. The number of nitrogens with one attached hydrogen (secondary N) is 1. The van der Waals surface area contributed by atoms with Gasteiger partial charge in [-0.05, 0) is 72.9 Å². The van der Waals surface area contributed by atoms with E-state index >= 15 is 0 Å². The number of fused-ring (bicyclic) bond motifs is 3. The molecule has 148 valence electrons. The van der Waals surface area contributed by atoms with E-state index in [0.717, 1.165) is 37.9 Å². The van der Waals surface area contributed by atoms with Gasteiger partial charge >= 0.3 is 0 Å². The topological polar surface area (TPSA) is 32.3 Å². The van der Waals surface area contributed by atoms with Crippen molar-refractivity contribution in [2.24, 2.45) is 5.92 Å². The first-order valence-corrected chi connectivity index (χ1v) is 11.4. The summed E-state index contributed by atoms with van der Waals surface area (Å²) in [5.41, 5.74) is 4.66. The molecule has 1 aromatic heterocycles. The number of anilines is 1. The number of hydrogen-bond acceptors (Lipinski definition) is 3. The van der Waals surface area contributed by atoms with Crippen LogP contribution in [0.5, 0.6) is 0 Å². The Kier molecular flexibility index (Phi) is 5.58. The van der Waals surface area contributed by atoms with E-state index in [1.807, 2.05) is 22.3 Å². The van der Waals surface area contributed by atoms with Gasteiger partial charge in [0.1, 0.15) is 0 Å². The molecule has 2 aliphatic rings. The third-order valence-electron chi connectivity index (χ3n) is 6.07. The molecule has 1 aliphatic carbocycles. The number of carbonyl (C=O) groups is 1. The minimum atomic E-state index is 0.168. The van der Waals surface area contributed by atoms with Crippen LogP contribution in [0.3, 0.4) is 0 Å². The van der Waals surface area contributed by atoms with Crippen LogP contribution in [0.4, 0.5) is 5.69 Å². The van der Waals surface area contributed by atoms with Crippen LogP contribution in [0.2, 0.25) is 0 Å². The first-order chi connectivity index (χ1) is 13.6. The summed E-state index contributed by atoms with van der Waals surface area (Å²) in [5, 5.41) is 5.99. The predicted molar refractivity (Wildman–Crippen MR) is 118 cm³/mol. The summed E-state index contributed by atoms with van der Waals surface area (Å²) in [6.45, 7) is 8.13. The predicted octanol–water partition coefficient (Wildman–Crippen LogP) is 6.15. The summed E-state index contributed by atoms with van der Waals surface area (Å²) in [6.07, 6.45) is 7.75. The first-order valence-electron chi connectivity index (χ1n) is 10.5. The highest BCUT2D eigenvalue weighted by Crippen LogP contribution is 2.51. The van der Waals surface area contributed by atoms with E-state index in [1.54, 1.807) is 0 Å². The molecule has 3 unspecified atom stereocenters. The Hall–Kier alpha value is -2.07. The molecule has 3 atom stereocenters. The maximum atomic E-state index is 13.1. The largest absolute Gasteiger partial charge is 0.377 e. The van der Waals surface area contributed by atoms with Crippen molar-refractivity contribution in [2.75, 3.05) is 18.4 Å². The van der Waals surface area contributed by atoms with Gasteiger partial charge in [-0.2, -0.15) is 0 Å². The van der Waals surface area contributed by atoms with Gasteiger partial charge in [0, 0.05) is 35.1 Å². The van der Waals surface area contributed by atoms with Crippen molar-refractivity contribution in [3.63, 3.8) is 0 Å². The van der Waals surface area contributed by atoms with Crippen LogP contribution in [0.25, 0.3) is 0 Å². The van der Waals surface area contributed by atoms with Crippen molar-refractivity contribution in [1.82, 2.24) is 4.90 Å². The Labute approximate surface area is 172 Å². The molecule has 28 heavy (non-hydrogen) atoms. The fourth-order valence-electron chi connectivity index (χ4n) is 4.73. The molecule has 1 aliphatic heterocycles. The highest BCUT2D eigenvalue weighted by molar-refractivity contribution is 7.10. The molecule has 1 aromatic carbocycles. The van der Waals surface area contributed by atoms with E-state index in [9.17, 15) is 4.79 Å². The molecule has 1 amide bonds. The number of thiophene rings is 1. The van der Waals surface area contributed by atoms with E-state index in [1.165, 1.54) is 21.7 Å². The molecule has 4 heteroatoms. The van der Waals surface area contributed by atoms with E-state index in [4.69, 9.17) is 0 Å². The van der Waals surface area contributed by atoms with Crippen LogP contribution in [0.1, 0.15) is 71.4 Å². The molecule has 2 heterocycles.